The van der Waals surface area contributed by atoms with Crippen LogP contribution in [0, 0.1) is 11.8 Å². The molecule has 11 N–H and O–H groups in total. The van der Waals surface area contributed by atoms with E-state index in [1.54, 1.807) is 36.1 Å². The molecule has 0 radical (unpaired) electrons. The van der Waals surface area contributed by atoms with Gasteiger partial charge in [-0.2, -0.15) is 38.5 Å². The second-order valence-electron chi connectivity index (χ2n) is 24.2. The van der Waals surface area contributed by atoms with Gasteiger partial charge >= 0.3 is 29.2 Å². The van der Waals surface area contributed by atoms with Crippen LogP contribution in [-0.2, 0) is 111 Å². The molecule has 6 rings (SSSR count). The van der Waals surface area contributed by atoms with Crippen LogP contribution in [0.3, 0.4) is 0 Å². The van der Waals surface area contributed by atoms with Crippen LogP contribution in [0.4, 0.5) is 11.4 Å². The SMILES string of the molecule is CC1(C)C(/C=C/C=C2/N(CCCS(=O)(=O)[O-])c3ccc(S(=O)(=O)O)cc3C2(C)CCCCS(=O)(=O)O)=[N+](CCCCCC(=O)NCCOCCOCCOCCOCCC(=O)NCC#Cc2cn([C@H]3C[C@H](O)[C@@H](COP(=O)(O)OP(=O)(O)OP(=O)(O)O)O3)c(=O)[nH]c2=O)c2ccc(S(=O)(=O)O)cc21. The third-order valence-electron chi connectivity index (χ3n) is 16.1. The lowest BCUT2D eigenvalue weighted by molar-refractivity contribution is -0.438. The number of ether oxygens (including phenoxy) is 5. The fourth-order valence-corrected chi connectivity index (χ4v) is 16.4. The van der Waals surface area contributed by atoms with Crippen molar-refractivity contribution in [2.45, 2.75) is 124 Å². The molecule has 576 valence electrons. The predicted octanol–water partition coefficient (Wildman–Crippen LogP) is 1.91. The van der Waals surface area contributed by atoms with Crippen molar-refractivity contribution in [3.63, 3.8) is 0 Å². The number of H-pyrrole nitrogens is 1. The summed E-state index contributed by atoms with van der Waals surface area (Å²) in [6.45, 7) is 6.40. The van der Waals surface area contributed by atoms with E-state index in [0.29, 0.717) is 59.7 Å². The summed E-state index contributed by atoms with van der Waals surface area (Å²) in [5, 5.41) is 15.7. The zero-order valence-electron chi connectivity index (χ0n) is 55.9. The molecule has 1 aromatic heterocycles. The van der Waals surface area contributed by atoms with Crippen LogP contribution < -0.4 is 26.8 Å². The van der Waals surface area contributed by atoms with Gasteiger partial charge in [-0.15, -0.1) is 0 Å². The lowest BCUT2D eigenvalue weighted by atomic mass is 9.77. The summed E-state index contributed by atoms with van der Waals surface area (Å²) >= 11 is 0. The molecule has 1 fully saturated rings. The first-order valence-electron chi connectivity index (χ1n) is 31.6. The van der Waals surface area contributed by atoms with Crippen LogP contribution in [-0.4, -0.2) is 218 Å². The maximum atomic E-state index is 12.8. The van der Waals surface area contributed by atoms with E-state index in [2.05, 4.69) is 35.6 Å². The normalized spacial score (nSPS) is 20.0. The molecule has 3 unspecified atom stereocenters. The molecule has 45 heteroatoms. The Morgan fingerprint density at radius 3 is 1.99 bits per heavy atom. The van der Waals surface area contributed by atoms with Gasteiger partial charge in [-0.25, -0.2) is 26.9 Å². The van der Waals surface area contributed by atoms with E-state index >= 15 is 0 Å². The molecule has 0 spiro atoms. The van der Waals surface area contributed by atoms with Gasteiger partial charge in [0.1, 0.15) is 24.4 Å². The number of nitrogens with zero attached hydrogens (tertiary/aromatic N) is 3. The number of allylic oxidation sites excluding steroid dienone is 4. The molecule has 3 aliphatic heterocycles. The number of carbonyl (C=O) groups is 2. The molecule has 3 aromatic rings. The maximum absolute atomic E-state index is 12.8. The largest absolute Gasteiger partial charge is 0.748 e. The number of aliphatic hydroxyl groups excluding tert-OH is 1. The van der Waals surface area contributed by atoms with Crippen molar-refractivity contribution in [3.05, 3.63) is 104 Å². The van der Waals surface area contributed by atoms with Crippen molar-refractivity contribution in [2.24, 2.45) is 0 Å². The van der Waals surface area contributed by atoms with Crippen LogP contribution in [0.5, 0.6) is 0 Å². The number of phosphoric acid groups is 3. The second-order valence-corrected chi connectivity index (χ2v) is 34.5. The van der Waals surface area contributed by atoms with E-state index in [-0.39, 0.29) is 134 Å². The molecule has 38 nitrogen and oxygen atoms in total. The number of anilines is 1. The molecule has 2 aromatic carbocycles. The Kier molecular flexibility index (Phi) is 31.2. The first-order valence-corrected chi connectivity index (χ1v) is 42.2. The number of benzene rings is 2. The van der Waals surface area contributed by atoms with Gasteiger partial charge in [-0.3, -0.25) is 42.1 Å². The standard InChI is InChI=1S/C58H83N6O32P3S4/c1-57(2)44-36-42(102(83,84)85)16-18-46(44)62(50(57)13-9-14-51-58(3,21-6-8-34-100(77,78)79)45-37-43(103(86,87)88)17-19-47(45)63(51)25-11-35-101(80,81)82)24-7-4-5-15-52(66)60-23-27-90-29-31-92-33-32-91-30-28-89-26-20-53(67)59-22-10-12-41-39-64(56(69)61-55(41)68)54-38-48(65)49(94-54)40-93-98(73,74)96-99(75,76)95-97(70,71)72/h9,13-14,16-19,36-37,39,48-49,54,65H,4-8,11,15,20-35,38,40H2,1-3H3,(H10-,59,60,61,66,67,68,69,70,71,72,73,74,75,76,77,78,79,80,81,82,83,84,85,86,87,88)/t48-,49+,54+,58?/m0/s1. The van der Waals surface area contributed by atoms with Crippen molar-refractivity contribution in [2.75, 3.05) is 102 Å². The fraction of sp³-hybridized carbons (Fsp3) is 0.569. The van der Waals surface area contributed by atoms with Crippen LogP contribution >= 0.6 is 23.5 Å². The minimum atomic E-state index is -5.82. The third-order valence-corrected chi connectivity index (χ3v) is 23.2. The van der Waals surface area contributed by atoms with E-state index < -0.39 is 133 Å². The summed E-state index contributed by atoms with van der Waals surface area (Å²) in [6, 6.07) is 8.15. The topological polar surface area (TPSA) is 566 Å². The monoisotopic (exact) mass is 1600 g/mol. The lowest BCUT2D eigenvalue weighted by Gasteiger charge is -2.30. The number of rotatable bonds is 43. The van der Waals surface area contributed by atoms with Gasteiger partial charge in [-0.1, -0.05) is 24.3 Å². The lowest BCUT2D eigenvalue weighted by Crippen LogP contribution is -2.34. The quantitative estimate of drug-likeness (QED) is 0.0127. The van der Waals surface area contributed by atoms with Crippen LogP contribution in [0.1, 0.15) is 108 Å². The Balaban J connectivity index is 0.880. The Bertz CT molecular complexity index is 4460. The summed E-state index contributed by atoms with van der Waals surface area (Å²) in [4.78, 5) is 89.4. The highest BCUT2D eigenvalue weighted by Gasteiger charge is 2.47. The van der Waals surface area contributed by atoms with Crippen molar-refractivity contribution in [3.8, 4) is 11.8 Å². The van der Waals surface area contributed by atoms with Gasteiger partial charge in [0.25, 0.3) is 35.9 Å². The van der Waals surface area contributed by atoms with E-state index in [1.807, 2.05) is 23.4 Å². The summed E-state index contributed by atoms with van der Waals surface area (Å²) in [5.41, 5.74) is -0.944. The number of unbranched alkanes of at least 4 members (excludes halogenated alkanes) is 3. The Morgan fingerprint density at radius 1 is 0.757 bits per heavy atom. The molecule has 0 bridgehead atoms. The Morgan fingerprint density at radius 2 is 1.37 bits per heavy atom. The number of carbonyl (C=O) groups excluding carboxylic acids is 2. The van der Waals surface area contributed by atoms with Crippen molar-refractivity contribution in [1.29, 1.82) is 0 Å². The number of nitrogens with one attached hydrogen (secondary N) is 3. The van der Waals surface area contributed by atoms with Gasteiger partial charge in [0.2, 0.25) is 17.5 Å². The highest BCUT2D eigenvalue weighted by molar-refractivity contribution is 7.86. The van der Waals surface area contributed by atoms with Gasteiger partial charge in [-0.05, 0) is 94.8 Å². The Labute approximate surface area is 593 Å². The number of amides is 2. The molecule has 2 amide bonds. The number of fused-ring (bicyclic) bond motifs is 2. The zero-order chi connectivity index (χ0) is 76.4. The smallest absolute Gasteiger partial charge is 0.490 e. The van der Waals surface area contributed by atoms with Crippen LogP contribution in [0.25, 0.3) is 0 Å². The average molecular weight is 1600 g/mol. The van der Waals surface area contributed by atoms with Gasteiger partial charge in [0.15, 0.2) is 5.71 Å². The molecule has 0 saturated carbocycles. The minimum absolute atomic E-state index is 0.0138. The average Bonchev–Trinajstić information content (AvgIpc) is 1.59. The number of hydrogen-bond donors (Lipinski definition) is 11. The highest BCUT2D eigenvalue weighted by atomic mass is 32.2. The first-order chi connectivity index (χ1) is 47.9. The molecule has 6 atom stereocenters. The van der Waals surface area contributed by atoms with Crippen molar-refractivity contribution >= 4 is 92.8 Å². The minimum Gasteiger partial charge on any atom is -0.748 e. The van der Waals surface area contributed by atoms with E-state index in [9.17, 15) is 99.6 Å². The molecule has 4 heterocycles. The van der Waals surface area contributed by atoms with E-state index in [1.165, 1.54) is 30.3 Å². The molecular formula is C58H83N6O32P3S4. The van der Waals surface area contributed by atoms with Gasteiger partial charge in [0.05, 0.1) is 103 Å². The first kappa shape index (κ1) is 86.3. The summed E-state index contributed by atoms with van der Waals surface area (Å²) in [5.74, 6) is 3.11. The molecule has 3 aliphatic rings. The van der Waals surface area contributed by atoms with Gasteiger partial charge < -0.3 is 68.5 Å². The zero-order valence-corrected chi connectivity index (χ0v) is 61.8. The number of hydrogen-bond acceptors (Lipinski definition) is 26. The molecule has 103 heavy (non-hydrogen) atoms. The molecule has 0 aliphatic carbocycles. The Hall–Kier alpha value is -5.62. The fourth-order valence-electron chi connectivity index (χ4n) is 11.3. The highest BCUT2D eigenvalue weighted by Crippen LogP contribution is 2.66. The number of aromatic nitrogens is 2. The van der Waals surface area contributed by atoms with E-state index in [0.717, 1.165) is 10.8 Å². The second kappa shape index (κ2) is 37.3. The summed E-state index contributed by atoms with van der Waals surface area (Å²) in [7, 11) is -35.4. The van der Waals surface area contributed by atoms with Crippen molar-refractivity contribution < 1.29 is 141 Å². The van der Waals surface area contributed by atoms with Crippen molar-refractivity contribution in [1.82, 2.24) is 20.2 Å². The third kappa shape index (κ3) is 27.3. The summed E-state index contributed by atoms with van der Waals surface area (Å²) in [6.07, 6.45) is 3.66. The number of phosphoric ester groups is 1. The maximum Gasteiger partial charge on any atom is 0.490 e. The van der Waals surface area contributed by atoms with E-state index in [4.69, 9.17) is 33.5 Å². The molecular weight excluding hydrogens is 1510 g/mol. The molecule has 1 saturated heterocycles. The van der Waals surface area contributed by atoms with Crippen LogP contribution in [0.15, 0.2) is 85.9 Å². The number of aliphatic hydroxyl groups is 1. The van der Waals surface area contributed by atoms with Gasteiger partial charge in [0, 0.05) is 85.2 Å². The summed E-state index contributed by atoms with van der Waals surface area (Å²) < 4.78 is 214. The predicted molar refractivity (Wildman–Crippen MR) is 362 cm³/mol. The number of aromatic amines is 1. The van der Waals surface area contributed by atoms with Crippen LogP contribution in [0.2, 0.25) is 0 Å².